The molecule has 22 heavy (non-hydrogen) atoms. The highest BCUT2D eigenvalue weighted by Crippen LogP contribution is 2.29. The molecule has 2 aromatic rings. The lowest BCUT2D eigenvalue weighted by Crippen LogP contribution is -2.34. The van der Waals surface area contributed by atoms with Crippen molar-refractivity contribution in [1.29, 1.82) is 0 Å². The molecule has 0 aliphatic carbocycles. The van der Waals surface area contributed by atoms with Crippen LogP contribution in [0.4, 0.5) is 10.5 Å². The van der Waals surface area contributed by atoms with E-state index in [9.17, 15) is 9.59 Å². The largest absolute Gasteiger partial charge is 0.326 e. The third-order valence-electron chi connectivity index (χ3n) is 2.49. The van der Waals surface area contributed by atoms with Gasteiger partial charge in [0.05, 0.1) is 15.6 Å². The van der Waals surface area contributed by atoms with Crippen molar-refractivity contribution in [1.82, 2.24) is 10.3 Å². The lowest BCUT2D eigenvalue weighted by Gasteiger charge is -2.09. The number of nitrogens with zero attached hydrogens (tertiary/aromatic N) is 1. The molecule has 0 spiro atoms. The van der Waals surface area contributed by atoms with Gasteiger partial charge in [0.1, 0.15) is 5.15 Å². The van der Waals surface area contributed by atoms with Gasteiger partial charge >= 0.3 is 6.03 Å². The summed E-state index contributed by atoms with van der Waals surface area (Å²) >= 11 is 23.2. The lowest BCUT2D eigenvalue weighted by atomic mass is 10.2. The van der Waals surface area contributed by atoms with Crippen molar-refractivity contribution in [2.45, 2.75) is 0 Å². The summed E-state index contributed by atoms with van der Waals surface area (Å²) in [6, 6.07) is 5.59. The first-order chi connectivity index (χ1) is 10.4. The lowest BCUT2D eigenvalue weighted by molar-refractivity contribution is 0.0967. The zero-order valence-corrected chi connectivity index (χ0v) is 13.7. The average Bonchev–Trinajstić information content (AvgIpc) is 2.46. The molecule has 0 radical (unpaired) electrons. The number of carbonyl (C=O) groups excluding carboxylic acids is 2. The van der Waals surface area contributed by atoms with Crippen molar-refractivity contribution in [3.8, 4) is 0 Å². The Morgan fingerprint density at radius 2 is 1.64 bits per heavy atom. The summed E-state index contributed by atoms with van der Waals surface area (Å²) in [5.41, 5.74) is 0.328. The van der Waals surface area contributed by atoms with Gasteiger partial charge in [-0.15, -0.1) is 0 Å². The van der Waals surface area contributed by atoms with Crippen LogP contribution in [-0.4, -0.2) is 16.9 Å². The molecular weight excluding hydrogens is 372 g/mol. The molecule has 0 saturated carbocycles. The van der Waals surface area contributed by atoms with Gasteiger partial charge in [-0.25, -0.2) is 9.78 Å². The van der Waals surface area contributed by atoms with Crippen LogP contribution in [0.3, 0.4) is 0 Å². The maximum absolute atomic E-state index is 12.0. The maximum Gasteiger partial charge on any atom is 0.326 e. The summed E-state index contributed by atoms with van der Waals surface area (Å²) in [4.78, 5) is 27.5. The highest BCUT2D eigenvalue weighted by Gasteiger charge is 2.20. The molecule has 9 heteroatoms. The molecule has 2 N–H and O–H groups in total. The zero-order chi connectivity index (χ0) is 16.3. The first-order valence-corrected chi connectivity index (χ1v) is 7.27. The molecule has 0 aliphatic rings. The van der Waals surface area contributed by atoms with E-state index in [0.29, 0.717) is 10.7 Å². The van der Waals surface area contributed by atoms with E-state index in [0.717, 1.165) is 0 Å². The topological polar surface area (TPSA) is 71.1 Å². The first kappa shape index (κ1) is 16.8. The molecule has 0 aliphatic heterocycles. The number of urea groups is 1. The number of halogens is 4. The number of amides is 3. The third-order valence-corrected chi connectivity index (χ3v) is 3.78. The molecule has 3 amide bonds. The van der Waals surface area contributed by atoms with Crippen LogP contribution in [0.2, 0.25) is 20.2 Å². The summed E-state index contributed by atoms with van der Waals surface area (Å²) in [6.07, 6.45) is 1.17. The summed E-state index contributed by atoms with van der Waals surface area (Å²) in [5.74, 6) is -0.800. The van der Waals surface area contributed by atoms with E-state index in [4.69, 9.17) is 46.4 Å². The predicted octanol–water partition coefficient (Wildman–Crippen LogP) is 4.66. The van der Waals surface area contributed by atoms with Gasteiger partial charge in [0, 0.05) is 16.9 Å². The number of nitrogens with one attached hydrogen (secondary N) is 2. The Hall–Kier alpha value is -1.53. The molecule has 1 aromatic carbocycles. The number of hydrogen-bond donors (Lipinski definition) is 2. The Labute approximate surface area is 145 Å². The molecule has 2 rings (SSSR count). The fourth-order valence-corrected chi connectivity index (χ4v) is 2.30. The second kappa shape index (κ2) is 7.15. The van der Waals surface area contributed by atoms with Crippen LogP contribution in [0.1, 0.15) is 10.4 Å². The van der Waals surface area contributed by atoms with Crippen molar-refractivity contribution in [3.63, 3.8) is 0 Å². The first-order valence-electron chi connectivity index (χ1n) is 5.76. The normalized spacial score (nSPS) is 10.2. The molecule has 114 valence electrons. The second-order valence-corrected chi connectivity index (χ2v) is 5.58. The minimum Gasteiger partial charge on any atom is -0.308 e. The fraction of sp³-hybridized carbons (Fsp3) is 0. The highest BCUT2D eigenvalue weighted by molar-refractivity contribution is 6.45. The number of pyridine rings is 1. The molecule has 1 heterocycles. The number of imide groups is 1. The number of aromatic nitrogens is 1. The van der Waals surface area contributed by atoms with Crippen LogP contribution in [0, 0.1) is 0 Å². The van der Waals surface area contributed by atoms with Crippen LogP contribution >= 0.6 is 46.4 Å². The van der Waals surface area contributed by atoms with Gasteiger partial charge in [0.25, 0.3) is 5.91 Å². The Bertz CT molecular complexity index is 735. The van der Waals surface area contributed by atoms with Crippen molar-refractivity contribution in [2.24, 2.45) is 0 Å². The summed E-state index contributed by atoms with van der Waals surface area (Å²) in [6.45, 7) is 0. The SMILES string of the molecule is O=C(NC(=O)c1c(Cl)cnc(Cl)c1Cl)Nc1ccc(Cl)cc1. The quantitative estimate of drug-likeness (QED) is 0.746. The molecule has 0 fully saturated rings. The monoisotopic (exact) mass is 377 g/mol. The average molecular weight is 379 g/mol. The van der Waals surface area contributed by atoms with Crippen molar-refractivity contribution < 1.29 is 9.59 Å². The van der Waals surface area contributed by atoms with Crippen molar-refractivity contribution >= 4 is 64.0 Å². The Balaban J connectivity index is 2.10. The summed E-state index contributed by atoms with van der Waals surface area (Å²) in [5, 5.41) is 4.83. The van der Waals surface area contributed by atoms with Gasteiger partial charge < -0.3 is 5.32 Å². The predicted molar refractivity (Wildman–Crippen MR) is 87.2 cm³/mol. The van der Waals surface area contributed by atoms with Crippen LogP contribution in [0.5, 0.6) is 0 Å². The van der Waals surface area contributed by atoms with Gasteiger partial charge in [0.15, 0.2) is 0 Å². The highest BCUT2D eigenvalue weighted by atomic mass is 35.5. The van der Waals surface area contributed by atoms with Crippen molar-refractivity contribution in [3.05, 3.63) is 56.2 Å². The number of hydrogen-bond acceptors (Lipinski definition) is 3. The van der Waals surface area contributed by atoms with Crippen LogP contribution in [0.15, 0.2) is 30.5 Å². The van der Waals surface area contributed by atoms with Gasteiger partial charge in [-0.1, -0.05) is 46.4 Å². The third kappa shape index (κ3) is 4.01. The molecule has 1 aromatic heterocycles. The molecular formula is C13H7Cl4N3O2. The van der Waals surface area contributed by atoms with Gasteiger partial charge in [-0.05, 0) is 24.3 Å². The number of rotatable bonds is 2. The van der Waals surface area contributed by atoms with Gasteiger partial charge in [-0.2, -0.15) is 0 Å². The van der Waals surface area contributed by atoms with E-state index < -0.39 is 11.9 Å². The molecule has 0 unspecified atom stereocenters. The molecule has 0 atom stereocenters. The summed E-state index contributed by atoms with van der Waals surface area (Å²) < 4.78 is 0. The van der Waals surface area contributed by atoms with Gasteiger partial charge in [-0.3, -0.25) is 10.1 Å². The standard InChI is InChI=1S/C13H7Cl4N3O2/c14-6-1-3-7(4-2-6)19-13(22)20-12(21)9-8(15)5-18-11(17)10(9)16/h1-5H,(H2,19,20,21,22). The Kier molecular flexibility index (Phi) is 5.47. The van der Waals surface area contributed by atoms with Crippen LogP contribution in [-0.2, 0) is 0 Å². The molecule has 0 bridgehead atoms. The smallest absolute Gasteiger partial charge is 0.308 e. The number of benzene rings is 1. The van der Waals surface area contributed by atoms with E-state index in [2.05, 4.69) is 15.6 Å². The minimum atomic E-state index is -0.800. The van der Waals surface area contributed by atoms with Gasteiger partial charge in [0.2, 0.25) is 0 Å². The summed E-state index contributed by atoms with van der Waals surface area (Å²) in [7, 11) is 0. The van der Waals surface area contributed by atoms with E-state index in [1.165, 1.54) is 6.20 Å². The molecule has 5 nitrogen and oxygen atoms in total. The molecule has 0 saturated heterocycles. The van der Waals surface area contributed by atoms with Crippen LogP contribution in [0.25, 0.3) is 0 Å². The maximum atomic E-state index is 12.0. The Morgan fingerprint density at radius 1 is 1.00 bits per heavy atom. The number of carbonyl (C=O) groups is 2. The van der Waals surface area contributed by atoms with E-state index in [1.54, 1.807) is 24.3 Å². The fourth-order valence-electron chi connectivity index (χ4n) is 1.51. The second-order valence-electron chi connectivity index (χ2n) is 4.00. The van der Waals surface area contributed by atoms with E-state index in [1.807, 2.05) is 0 Å². The number of anilines is 1. The van der Waals surface area contributed by atoms with E-state index >= 15 is 0 Å². The Morgan fingerprint density at radius 3 is 2.27 bits per heavy atom. The minimum absolute atomic E-state index is 0.0220. The van der Waals surface area contributed by atoms with E-state index in [-0.39, 0.29) is 20.8 Å². The zero-order valence-electron chi connectivity index (χ0n) is 10.7. The van der Waals surface area contributed by atoms with Crippen molar-refractivity contribution in [2.75, 3.05) is 5.32 Å². The van der Waals surface area contributed by atoms with Crippen LogP contribution < -0.4 is 10.6 Å².